The van der Waals surface area contributed by atoms with Crippen LogP contribution < -0.4 is 10.2 Å². The SMILES string of the molecule is C/C=C\C(=C(C)C)c1cc(-c2cccc(C(C)=O)c2)c(C#N)c(NC(=O)C2Cc3ccccc3N2C)n1. The number of nitriles is 1. The van der Waals surface area contributed by atoms with E-state index in [1.165, 1.54) is 6.92 Å². The second-order valence-corrected chi connectivity index (χ2v) is 9.39. The highest BCUT2D eigenvalue weighted by molar-refractivity contribution is 6.00. The van der Waals surface area contributed by atoms with Crippen LogP contribution in [0.5, 0.6) is 0 Å². The fourth-order valence-corrected chi connectivity index (χ4v) is 4.70. The van der Waals surface area contributed by atoms with Gasteiger partial charge in [0, 0.05) is 30.3 Å². The molecule has 1 amide bonds. The first-order valence-corrected chi connectivity index (χ1v) is 12.2. The van der Waals surface area contributed by atoms with Gasteiger partial charge in [0.25, 0.3) is 0 Å². The highest BCUT2D eigenvalue weighted by Gasteiger charge is 2.32. The van der Waals surface area contributed by atoms with Crippen LogP contribution in [0.2, 0.25) is 0 Å². The van der Waals surface area contributed by atoms with Gasteiger partial charge in [0.15, 0.2) is 11.6 Å². The van der Waals surface area contributed by atoms with Crippen molar-refractivity contribution in [2.45, 2.75) is 40.2 Å². The molecule has 1 N–H and O–H groups in total. The van der Waals surface area contributed by atoms with Crippen molar-refractivity contribution >= 4 is 28.8 Å². The lowest BCUT2D eigenvalue weighted by Gasteiger charge is -2.22. The molecule has 0 bridgehead atoms. The van der Waals surface area contributed by atoms with Crippen LogP contribution >= 0.6 is 0 Å². The van der Waals surface area contributed by atoms with Crippen LogP contribution in [0.25, 0.3) is 16.7 Å². The number of nitrogens with zero attached hydrogens (tertiary/aromatic N) is 3. The average Bonchev–Trinajstić information content (AvgIpc) is 3.23. The van der Waals surface area contributed by atoms with Crippen molar-refractivity contribution in [2.75, 3.05) is 17.3 Å². The number of nitrogens with one attached hydrogen (secondary N) is 1. The van der Waals surface area contributed by atoms with Gasteiger partial charge in [-0.25, -0.2) is 4.98 Å². The molecular formula is C31H30N4O2. The average molecular weight is 491 g/mol. The molecule has 1 atom stereocenters. The Labute approximate surface area is 218 Å². The monoisotopic (exact) mass is 490 g/mol. The molecule has 0 saturated heterocycles. The summed E-state index contributed by atoms with van der Waals surface area (Å²) in [5.41, 5.74) is 6.83. The Balaban J connectivity index is 1.84. The van der Waals surface area contributed by atoms with Crippen LogP contribution in [0.3, 0.4) is 0 Å². The van der Waals surface area contributed by atoms with Crippen molar-refractivity contribution in [1.29, 1.82) is 5.26 Å². The zero-order valence-corrected chi connectivity index (χ0v) is 21.8. The summed E-state index contributed by atoms with van der Waals surface area (Å²) < 4.78 is 0. The fraction of sp³-hybridized carbons (Fsp3) is 0.226. The number of rotatable bonds is 6. The molecule has 37 heavy (non-hydrogen) atoms. The summed E-state index contributed by atoms with van der Waals surface area (Å²) in [6.07, 6.45) is 4.47. The third-order valence-electron chi connectivity index (χ3n) is 6.66. The molecule has 4 rings (SSSR count). The van der Waals surface area contributed by atoms with Gasteiger partial charge in [-0.15, -0.1) is 0 Å². The maximum atomic E-state index is 13.5. The van der Waals surface area contributed by atoms with E-state index in [0.29, 0.717) is 28.8 Å². The molecule has 2 aromatic carbocycles. The van der Waals surface area contributed by atoms with Gasteiger partial charge in [-0.05, 0) is 62.6 Å². The number of Topliss-reactive ketones (excluding diaryl/α,β-unsaturated/α-hetero) is 1. The van der Waals surface area contributed by atoms with Crippen LogP contribution in [-0.4, -0.2) is 29.8 Å². The minimum absolute atomic E-state index is 0.0640. The largest absolute Gasteiger partial charge is 0.362 e. The van der Waals surface area contributed by atoms with E-state index in [-0.39, 0.29) is 23.1 Å². The molecule has 6 nitrogen and oxygen atoms in total. The molecule has 0 saturated carbocycles. The molecule has 0 aliphatic carbocycles. The molecule has 0 spiro atoms. The third-order valence-corrected chi connectivity index (χ3v) is 6.66. The lowest BCUT2D eigenvalue weighted by molar-refractivity contribution is -0.117. The van der Waals surface area contributed by atoms with Gasteiger partial charge in [0.05, 0.1) is 5.69 Å². The summed E-state index contributed by atoms with van der Waals surface area (Å²) in [5, 5.41) is 13.2. The van der Waals surface area contributed by atoms with Crippen molar-refractivity contribution in [2.24, 2.45) is 0 Å². The van der Waals surface area contributed by atoms with Crippen LogP contribution in [0.4, 0.5) is 11.5 Å². The zero-order valence-electron chi connectivity index (χ0n) is 21.8. The maximum absolute atomic E-state index is 13.5. The summed E-state index contributed by atoms with van der Waals surface area (Å²) in [6, 6.07) is 18.8. The minimum atomic E-state index is -0.419. The van der Waals surface area contributed by atoms with Gasteiger partial charge in [0.2, 0.25) is 5.91 Å². The Morgan fingerprint density at radius 2 is 1.86 bits per heavy atom. The predicted molar refractivity (Wildman–Crippen MR) is 148 cm³/mol. The Hall–Kier alpha value is -4.50. The topological polar surface area (TPSA) is 86.1 Å². The highest BCUT2D eigenvalue weighted by atomic mass is 16.2. The Bertz CT molecular complexity index is 1490. The number of ketones is 1. The number of pyridine rings is 1. The first-order valence-electron chi connectivity index (χ1n) is 12.2. The number of amides is 1. The molecular weight excluding hydrogens is 460 g/mol. The number of fused-ring (bicyclic) bond motifs is 1. The number of allylic oxidation sites excluding steroid dienone is 4. The van der Waals surface area contributed by atoms with Crippen molar-refractivity contribution in [3.05, 3.63) is 94.7 Å². The summed E-state index contributed by atoms with van der Waals surface area (Å²) in [5.74, 6) is -0.0835. The normalized spacial score (nSPS) is 14.3. The van der Waals surface area contributed by atoms with Crippen molar-refractivity contribution in [1.82, 2.24) is 4.98 Å². The highest BCUT2D eigenvalue weighted by Crippen LogP contribution is 2.34. The zero-order chi connectivity index (χ0) is 26.7. The van der Waals surface area contributed by atoms with Gasteiger partial charge >= 0.3 is 0 Å². The number of anilines is 2. The number of carbonyl (C=O) groups excluding carboxylic acids is 2. The van der Waals surface area contributed by atoms with E-state index in [1.54, 1.807) is 18.2 Å². The second kappa shape index (κ2) is 10.6. The number of carbonyl (C=O) groups is 2. The van der Waals surface area contributed by atoms with Gasteiger partial charge in [-0.1, -0.05) is 54.1 Å². The summed E-state index contributed by atoms with van der Waals surface area (Å²) in [7, 11) is 1.90. The van der Waals surface area contributed by atoms with Crippen LogP contribution in [0.1, 0.15) is 54.9 Å². The second-order valence-electron chi connectivity index (χ2n) is 9.39. The van der Waals surface area contributed by atoms with E-state index in [2.05, 4.69) is 11.4 Å². The van der Waals surface area contributed by atoms with E-state index in [9.17, 15) is 14.9 Å². The number of hydrogen-bond acceptors (Lipinski definition) is 5. The Morgan fingerprint density at radius 3 is 2.51 bits per heavy atom. The molecule has 0 fully saturated rings. The fourth-order valence-electron chi connectivity index (χ4n) is 4.70. The molecule has 1 unspecified atom stereocenters. The van der Waals surface area contributed by atoms with Crippen LogP contribution in [-0.2, 0) is 11.2 Å². The Kier molecular flexibility index (Phi) is 7.35. The molecule has 1 aromatic heterocycles. The van der Waals surface area contributed by atoms with Crippen LogP contribution in [0.15, 0.2) is 72.3 Å². The lowest BCUT2D eigenvalue weighted by atomic mass is 9.95. The number of hydrogen-bond donors (Lipinski definition) is 1. The maximum Gasteiger partial charge on any atom is 0.248 e. The lowest BCUT2D eigenvalue weighted by Crippen LogP contribution is -2.40. The van der Waals surface area contributed by atoms with Gasteiger partial charge in [0.1, 0.15) is 17.7 Å². The summed E-state index contributed by atoms with van der Waals surface area (Å²) in [4.78, 5) is 32.3. The third kappa shape index (κ3) is 5.07. The number of para-hydroxylation sites is 1. The van der Waals surface area contributed by atoms with E-state index < -0.39 is 6.04 Å². The first-order chi connectivity index (χ1) is 17.7. The number of aromatic nitrogens is 1. The molecule has 1 aliphatic rings. The molecule has 1 aliphatic heterocycles. The van der Waals surface area contributed by atoms with E-state index in [0.717, 1.165) is 22.4 Å². The minimum Gasteiger partial charge on any atom is -0.362 e. The number of benzene rings is 2. The van der Waals surface area contributed by atoms with Crippen molar-refractivity contribution in [3.8, 4) is 17.2 Å². The number of likely N-dealkylation sites (N-methyl/N-ethyl adjacent to an activating group) is 1. The van der Waals surface area contributed by atoms with Gasteiger partial charge in [-0.3, -0.25) is 9.59 Å². The van der Waals surface area contributed by atoms with Gasteiger partial charge < -0.3 is 10.2 Å². The molecule has 3 aromatic rings. The van der Waals surface area contributed by atoms with Crippen LogP contribution in [0, 0.1) is 11.3 Å². The molecule has 186 valence electrons. The predicted octanol–water partition coefficient (Wildman–Crippen LogP) is 6.19. The summed E-state index contributed by atoms with van der Waals surface area (Å²) >= 11 is 0. The standard InChI is InChI=1S/C31H30N4O2/c1-6-10-24(19(2)3)27-17-25(22-13-9-12-21(15-22)20(4)36)26(18-32)30(33-27)34-31(37)29-16-23-11-7-8-14-28(23)35(29)5/h6-15,17,29H,16H2,1-5H3,(H,33,34,37)/b10-6-. The molecule has 0 radical (unpaired) electrons. The smallest absolute Gasteiger partial charge is 0.248 e. The Morgan fingerprint density at radius 1 is 1.11 bits per heavy atom. The van der Waals surface area contributed by atoms with Crippen molar-refractivity contribution < 1.29 is 9.59 Å². The van der Waals surface area contributed by atoms with Crippen molar-refractivity contribution in [3.63, 3.8) is 0 Å². The molecule has 2 heterocycles. The quantitative estimate of drug-likeness (QED) is 0.329. The van der Waals surface area contributed by atoms with E-state index in [1.807, 2.05) is 81.3 Å². The first kappa shape index (κ1) is 25.6. The van der Waals surface area contributed by atoms with E-state index in [4.69, 9.17) is 4.98 Å². The summed E-state index contributed by atoms with van der Waals surface area (Å²) in [6.45, 7) is 7.43. The van der Waals surface area contributed by atoms with E-state index >= 15 is 0 Å². The molecule has 6 heteroatoms. The van der Waals surface area contributed by atoms with Gasteiger partial charge in [-0.2, -0.15) is 5.26 Å².